The number of halogens is 2. The molecule has 0 aliphatic carbocycles. The zero-order valence-corrected chi connectivity index (χ0v) is 10.2. The average Bonchev–Trinajstić information content (AvgIpc) is 2.35. The summed E-state index contributed by atoms with van der Waals surface area (Å²) in [5.41, 5.74) is 6.34. The first kappa shape index (κ1) is 12.7. The molecule has 0 saturated carbocycles. The molecule has 0 amide bonds. The number of ether oxygens (including phenoxy) is 1. The molecule has 1 aromatic heterocycles. The van der Waals surface area contributed by atoms with E-state index in [1.165, 1.54) is 18.2 Å². The Morgan fingerprint density at radius 1 is 1.28 bits per heavy atom. The maximum Gasteiger partial charge on any atom is 0.321 e. The fraction of sp³-hybridized carbons (Fsp3) is 0.167. The van der Waals surface area contributed by atoms with Crippen molar-refractivity contribution in [1.29, 1.82) is 0 Å². The van der Waals surface area contributed by atoms with Crippen LogP contribution in [0.15, 0.2) is 30.6 Å². The van der Waals surface area contributed by atoms with Gasteiger partial charge in [-0.05, 0) is 36.7 Å². The summed E-state index contributed by atoms with van der Waals surface area (Å²) in [7, 11) is 0. The number of rotatable bonds is 4. The standard InChI is InChI=1S/C12H11ClFN3O/c13-10-5-9(14)1-2-11(10)18-12-16-6-8(3-4-15)7-17-12/h1-2,5-7H,3-4,15H2. The van der Waals surface area contributed by atoms with E-state index >= 15 is 0 Å². The van der Waals surface area contributed by atoms with Gasteiger partial charge in [0.25, 0.3) is 0 Å². The van der Waals surface area contributed by atoms with Crippen LogP contribution in [0.4, 0.5) is 4.39 Å². The lowest BCUT2D eigenvalue weighted by Gasteiger charge is -2.06. The van der Waals surface area contributed by atoms with Gasteiger partial charge in [0.2, 0.25) is 0 Å². The molecule has 0 fully saturated rings. The van der Waals surface area contributed by atoms with Crippen LogP contribution in [0.2, 0.25) is 5.02 Å². The number of nitrogens with zero attached hydrogens (tertiary/aromatic N) is 2. The highest BCUT2D eigenvalue weighted by molar-refractivity contribution is 6.32. The van der Waals surface area contributed by atoms with E-state index < -0.39 is 5.82 Å². The highest BCUT2D eigenvalue weighted by Gasteiger charge is 2.06. The van der Waals surface area contributed by atoms with E-state index in [2.05, 4.69) is 9.97 Å². The molecule has 1 aromatic carbocycles. The third-order valence-electron chi connectivity index (χ3n) is 2.21. The van der Waals surface area contributed by atoms with Gasteiger partial charge in [-0.25, -0.2) is 14.4 Å². The molecule has 0 spiro atoms. The molecule has 2 N–H and O–H groups in total. The molecule has 0 bridgehead atoms. The Kier molecular flexibility index (Phi) is 4.07. The van der Waals surface area contributed by atoms with Crippen molar-refractivity contribution in [2.45, 2.75) is 6.42 Å². The van der Waals surface area contributed by atoms with Crippen molar-refractivity contribution in [3.8, 4) is 11.8 Å². The molecule has 0 atom stereocenters. The summed E-state index contributed by atoms with van der Waals surface area (Å²) in [4.78, 5) is 8.03. The summed E-state index contributed by atoms with van der Waals surface area (Å²) >= 11 is 5.82. The van der Waals surface area contributed by atoms with Gasteiger partial charge in [-0.15, -0.1) is 0 Å². The van der Waals surface area contributed by atoms with Crippen LogP contribution >= 0.6 is 11.6 Å². The van der Waals surface area contributed by atoms with Crippen molar-refractivity contribution >= 4 is 11.6 Å². The first-order chi connectivity index (χ1) is 8.69. The van der Waals surface area contributed by atoms with E-state index in [9.17, 15) is 4.39 Å². The first-order valence-electron chi connectivity index (χ1n) is 5.33. The van der Waals surface area contributed by atoms with Gasteiger partial charge in [0.1, 0.15) is 11.6 Å². The third-order valence-corrected chi connectivity index (χ3v) is 2.51. The van der Waals surface area contributed by atoms with E-state index in [1.54, 1.807) is 12.4 Å². The number of hydrogen-bond acceptors (Lipinski definition) is 4. The minimum atomic E-state index is -0.424. The zero-order valence-electron chi connectivity index (χ0n) is 9.44. The lowest BCUT2D eigenvalue weighted by atomic mass is 10.2. The molecule has 0 aliphatic heterocycles. The van der Waals surface area contributed by atoms with Gasteiger partial charge in [0.15, 0.2) is 0 Å². The molecule has 2 aromatic rings. The molecule has 0 radical (unpaired) electrons. The van der Waals surface area contributed by atoms with Crippen molar-refractivity contribution in [1.82, 2.24) is 9.97 Å². The smallest absolute Gasteiger partial charge is 0.321 e. The molecule has 18 heavy (non-hydrogen) atoms. The van der Waals surface area contributed by atoms with Crippen molar-refractivity contribution in [3.05, 3.63) is 47.0 Å². The summed E-state index contributed by atoms with van der Waals surface area (Å²) in [5.74, 6) is -0.115. The zero-order chi connectivity index (χ0) is 13.0. The fourth-order valence-electron chi connectivity index (χ4n) is 1.35. The Labute approximate surface area is 109 Å². The van der Waals surface area contributed by atoms with Crippen molar-refractivity contribution in [3.63, 3.8) is 0 Å². The van der Waals surface area contributed by atoms with Gasteiger partial charge in [-0.1, -0.05) is 11.6 Å². The van der Waals surface area contributed by atoms with Crippen LogP contribution in [0.25, 0.3) is 0 Å². The van der Waals surface area contributed by atoms with Gasteiger partial charge >= 0.3 is 6.01 Å². The lowest BCUT2D eigenvalue weighted by molar-refractivity contribution is 0.440. The predicted octanol–water partition coefficient (Wildman–Crippen LogP) is 2.56. The Hall–Kier alpha value is -1.72. The maximum absolute atomic E-state index is 12.8. The van der Waals surface area contributed by atoms with Gasteiger partial charge < -0.3 is 10.5 Å². The third kappa shape index (κ3) is 3.15. The number of benzene rings is 1. The molecule has 4 nitrogen and oxygen atoms in total. The topological polar surface area (TPSA) is 61.0 Å². The van der Waals surface area contributed by atoms with Crippen LogP contribution in [0.5, 0.6) is 11.8 Å². The highest BCUT2D eigenvalue weighted by Crippen LogP contribution is 2.27. The maximum atomic E-state index is 12.8. The van der Waals surface area contributed by atoms with Gasteiger partial charge in [0, 0.05) is 12.4 Å². The second-order valence-corrected chi connectivity index (χ2v) is 4.00. The molecular formula is C12H11ClFN3O. The molecule has 6 heteroatoms. The quantitative estimate of drug-likeness (QED) is 0.925. The van der Waals surface area contributed by atoms with Gasteiger partial charge in [0.05, 0.1) is 5.02 Å². The van der Waals surface area contributed by atoms with Crippen LogP contribution in [-0.4, -0.2) is 16.5 Å². The highest BCUT2D eigenvalue weighted by atomic mass is 35.5. The molecule has 1 heterocycles. The SMILES string of the molecule is NCCc1cnc(Oc2ccc(F)cc2Cl)nc1. The number of aromatic nitrogens is 2. The van der Waals surface area contributed by atoms with Crippen molar-refractivity contribution in [2.75, 3.05) is 6.54 Å². The predicted molar refractivity (Wildman–Crippen MR) is 66.3 cm³/mol. The molecule has 0 saturated heterocycles. The lowest BCUT2D eigenvalue weighted by Crippen LogP contribution is -2.03. The Morgan fingerprint density at radius 3 is 2.61 bits per heavy atom. The molecule has 0 unspecified atom stereocenters. The Balaban J connectivity index is 2.13. The molecular weight excluding hydrogens is 257 g/mol. The average molecular weight is 268 g/mol. The Bertz CT molecular complexity index is 533. The van der Waals surface area contributed by atoms with E-state index in [4.69, 9.17) is 22.1 Å². The van der Waals surface area contributed by atoms with Gasteiger partial charge in [-0.3, -0.25) is 0 Å². The fourth-order valence-corrected chi connectivity index (χ4v) is 1.55. The monoisotopic (exact) mass is 267 g/mol. The van der Waals surface area contributed by atoms with Crippen molar-refractivity contribution < 1.29 is 9.13 Å². The van der Waals surface area contributed by atoms with E-state index in [-0.39, 0.29) is 11.0 Å². The summed E-state index contributed by atoms with van der Waals surface area (Å²) in [5, 5.41) is 0.171. The Morgan fingerprint density at radius 2 is 2.00 bits per heavy atom. The van der Waals surface area contributed by atoms with Crippen molar-refractivity contribution in [2.24, 2.45) is 5.73 Å². The van der Waals surface area contributed by atoms with Gasteiger partial charge in [-0.2, -0.15) is 0 Å². The summed E-state index contributed by atoms with van der Waals surface area (Å²) in [6.07, 6.45) is 3.97. The molecule has 94 valence electrons. The summed E-state index contributed by atoms with van der Waals surface area (Å²) in [6, 6.07) is 4.00. The van der Waals surface area contributed by atoms with E-state index in [0.717, 1.165) is 5.56 Å². The van der Waals surface area contributed by atoms with Crippen LogP contribution in [0.3, 0.4) is 0 Å². The van der Waals surface area contributed by atoms with Crippen LogP contribution < -0.4 is 10.5 Å². The normalized spacial score (nSPS) is 10.4. The minimum absolute atomic E-state index is 0.157. The largest absolute Gasteiger partial charge is 0.423 e. The number of nitrogens with two attached hydrogens (primary N) is 1. The molecule has 2 rings (SSSR count). The van der Waals surface area contributed by atoms with E-state index in [1.807, 2.05) is 0 Å². The number of hydrogen-bond donors (Lipinski definition) is 1. The van der Waals surface area contributed by atoms with Crippen LogP contribution in [-0.2, 0) is 6.42 Å². The second kappa shape index (κ2) is 5.75. The first-order valence-corrected chi connectivity index (χ1v) is 5.70. The van der Waals surface area contributed by atoms with Crippen LogP contribution in [0.1, 0.15) is 5.56 Å². The minimum Gasteiger partial charge on any atom is -0.423 e. The van der Waals surface area contributed by atoms with E-state index in [0.29, 0.717) is 18.7 Å². The summed E-state index contributed by atoms with van der Waals surface area (Å²) in [6.45, 7) is 0.535. The second-order valence-electron chi connectivity index (χ2n) is 3.59. The van der Waals surface area contributed by atoms with Crippen LogP contribution in [0, 0.1) is 5.82 Å². The molecule has 0 aliphatic rings. The summed E-state index contributed by atoms with van der Waals surface area (Å²) < 4.78 is 18.2.